The number of aliphatic hydroxyl groups is 2. The summed E-state index contributed by atoms with van der Waals surface area (Å²) in [4.78, 5) is 0. The van der Waals surface area contributed by atoms with Crippen LogP contribution in [0.3, 0.4) is 0 Å². The first kappa shape index (κ1) is 14.4. The lowest BCUT2D eigenvalue weighted by molar-refractivity contribution is 0.0910. The van der Waals surface area contributed by atoms with Crippen molar-refractivity contribution in [3.63, 3.8) is 0 Å². The van der Waals surface area contributed by atoms with Crippen molar-refractivity contribution >= 4 is 11.6 Å². The molecule has 0 fully saturated rings. The van der Waals surface area contributed by atoms with E-state index in [9.17, 15) is 5.11 Å². The molecule has 1 unspecified atom stereocenters. The molecule has 5 heteroatoms. The van der Waals surface area contributed by atoms with Crippen molar-refractivity contribution in [2.45, 2.75) is 6.10 Å². The zero-order valence-electron chi connectivity index (χ0n) is 9.60. The van der Waals surface area contributed by atoms with E-state index in [1.165, 1.54) is 0 Å². The van der Waals surface area contributed by atoms with Gasteiger partial charge in [0.15, 0.2) is 0 Å². The van der Waals surface area contributed by atoms with Crippen LogP contribution in [0.4, 0.5) is 0 Å². The summed E-state index contributed by atoms with van der Waals surface area (Å²) in [5.41, 5.74) is 0.832. The zero-order valence-corrected chi connectivity index (χ0v) is 10.4. The van der Waals surface area contributed by atoms with Crippen LogP contribution in [0, 0.1) is 0 Å². The highest BCUT2D eigenvalue weighted by molar-refractivity contribution is 6.30. The van der Waals surface area contributed by atoms with Gasteiger partial charge in [0.1, 0.15) is 0 Å². The molecule has 0 saturated heterocycles. The third-order valence-electron chi connectivity index (χ3n) is 2.25. The average Bonchev–Trinajstić information content (AvgIpc) is 2.34. The van der Waals surface area contributed by atoms with E-state index >= 15 is 0 Å². The molecule has 1 aromatic carbocycles. The second kappa shape index (κ2) is 8.44. The summed E-state index contributed by atoms with van der Waals surface area (Å²) in [6.07, 6.45) is -0.551. The normalized spacial score (nSPS) is 12.6. The van der Waals surface area contributed by atoms with E-state index in [0.717, 1.165) is 5.56 Å². The Hall–Kier alpha value is -0.650. The minimum absolute atomic E-state index is 0.0351. The van der Waals surface area contributed by atoms with Gasteiger partial charge in [0.2, 0.25) is 0 Å². The van der Waals surface area contributed by atoms with Gasteiger partial charge >= 0.3 is 0 Å². The summed E-state index contributed by atoms with van der Waals surface area (Å²) in [6, 6.07) is 7.11. The summed E-state index contributed by atoms with van der Waals surface area (Å²) >= 11 is 5.76. The first-order valence-corrected chi connectivity index (χ1v) is 5.94. The summed E-state index contributed by atoms with van der Waals surface area (Å²) in [5.74, 6) is 0. The predicted molar refractivity (Wildman–Crippen MR) is 67.2 cm³/mol. The molecule has 17 heavy (non-hydrogen) atoms. The van der Waals surface area contributed by atoms with Gasteiger partial charge in [0.25, 0.3) is 0 Å². The topological polar surface area (TPSA) is 61.7 Å². The van der Waals surface area contributed by atoms with Crippen LogP contribution in [0.1, 0.15) is 11.7 Å². The lowest BCUT2D eigenvalue weighted by atomic mass is 10.1. The van der Waals surface area contributed by atoms with Gasteiger partial charge in [-0.25, -0.2) is 0 Å². The third-order valence-corrected chi connectivity index (χ3v) is 2.50. The van der Waals surface area contributed by atoms with E-state index in [-0.39, 0.29) is 6.61 Å². The molecule has 1 aromatic rings. The highest BCUT2D eigenvalue weighted by Gasteiger charge is 2.06. The van der Waals surface area contributed by atoms with E-state index in [1.807, 2.05) is 0 Å². The van der Waals surface area contributed by atoms with Gasteiger partial charge in [-0.05, 0) is 17.7 Å². The SMILES string of the molecule is OCCOCCNCC(O)c1ccc(Cl)cc1. The summed E-state index contributed by atoms with van der Waals surface area (Å²) in [5, 5.41) is 22.0. The van der Waals surface area contributed by atoms with Crippen LogP contribution in [-0.2, 0) is 4.74 Å². The standard InChI is InChI=1S/C12H18ClNO3/c13-11-3-1-10(2-4-11)12(16)9-14-5-7-17-8-6-15/h1-4,12,14-16H,5-9H2. The van der Waals surface area contributed by atoms with Crippen molar-refractivity contribution in [2.24, 2.45) is 0 Å². The summed E-state index contributed by atoms with van der Waals surface area (Å²) in [6.45, 7) is 2.01. The number of rotatable bonds is 8. The van der Waals surface area contributed by atoms with Gasteiger partial charge < -0.3 is 20.3 Å². The lowest BCUT2D eigenvalue weighted by Gasteiger charge is -2.12. The average molecular weight is 260 g/mol. The Morgan fingerprint density at radius 1 is 1.24 bits per heavy atom. The van der Waals surface area contributed by atoms with Crippen LogP contribution >= 0.6 is 11.6 Å². The van der Waals surface area contributed by atoms with Crippen molar-refractivity contribution in [3.8, 4) is 0 Å². The second-order valence-electron chi connectivity index (χ2n) is 3.61. The van der Waals surface area contributed by atoms with Crippen LogP contribution in [-0.4, -0.2) is 43.1 Å². The molecule has 3 N–H and O–H groups in total. The largest absolute Gasteiger partial charge is 0.394 e. The first-order valence-electron chi connectivity index (χ1n) is 5.57. The maximum Gasteiger partial charge on any atom is 0.0914 e. The zero-order chi connectivity index (χ0) is 12.5. The van der Waals surface area contributed by atoms with Gasteiger partial charge in [0.05, 0.1) is 25.9 Å². The molecule has 0 aliphatic rings. The quantitative estimate of drug-likeness (QED) is 0.609. The smallest absolute Gasteiger partial charge is 0.0914 e. The number of hydrogen-bond acceptors (Lipinski definition) is 4. The molecule has 96 valence electrons. The molecule has 0 aliphatic carbocycles. The van der Waals surface area contributed by atoms with Crippen molar-refractivity contribution in [1.29, 1.82) is 0 Å². The van der Waals surface area contributed by atoms with Crippen LogP contribution in [0.25, 0.3) is 0 Å². The molecule has 0 aliphatic heterocycles. The Labute approximate surface area is 106 Å². The van der Waals surface area contributed by atoms with Gasteiger partial charge in [-0.1, -0.05) is 23.7 Å². The van der Waals surface area contributed by atoms with Gasteiger partial charge in [-0.2, -0.15) is 0 Å². The van der Waals surface area contributed by atoms with Crippen LogP contribution < -0.4 is 5.32 Å². The van der Waals surface area contributed by atoms with E-state index < -0.39 is 6.10 Å². The molecular weight excluding hydrogens is 242 g/mol. The minimum Gasteiger partial charge on any atom is -0.394 e. The van der Waals surface area contributed by atoms with Crippen LogP contribution in [0.5, 0.6) is 0 Å². The van der Waals surface area contributed by atoms with E-state index in [4.69, 9.17) is 21.4 Å². The minimum atomic E-state index is -0.551. The van der Waals surface area contributed by atoms with Crippen LogP contribution in [0.2, 0.25) is 5.02 Å². The lowest BCUT2D eigenvalue weighted by Crippen LogP contribution is -2.25. The number of hydrogen-bond donors (Lipinski definition) is 3. The molecule has 0 aromatic heterocycles. The Morgan fingerprint density at radius 2 is 1.94 bits per heavy atom. The van der Waals surface area contributed by atoms with Crippen molar-refractivity contribution in [1.82, 2.24) is 5.32 Å². The van der Waals surface area contributed by atoms with Gasteiger partial charge in [0, 0.05) is 18.1 Å². The monoisotopic (exact) mass is 259 g/mol. The Morgan fingerprint density at radius 3 is 2.59 bits per heavy atom. The van der Waals surface area contributed by atoms with Crippen LogP contribution in [0.15, 0.2) is 24.3 Å². The molecule has 0 spiro atoms. The Bertz CT molecular complexity index is 305. The number of benzene rings is 1. The molecule has 1 atom stereocenters. The number of aliphatic hydroxyl groups excluding tert-OH is 2. The van der Waals surface area contributed by atoms with Crippen molar-refractivity contribution in [3.05, 3.63) is 34.9 Å². The maximum atomic E-state index is 9.83. The fourth-order valence-corrected chi connectivity index (χ4v) is 1.48. The molecule has 4 nitrogen and oxygen atoms in total. The Kier molecular flexibility index (Phi) is 7.16. The van der Waals surface area contributed by atoms with E-state index in [0.29, 0.717) is 31.3 Å². The van der Waals surface area contributed by atoms with E-state index in [2.05, 4.69) is 5.32 Å². The Balaban J connectivity index is 2.16. The molecule has 0 amide bonds. The molecule has 0 saturated carbocycles. The maximum absolute atomic E-state index is 9.83. The predicted octanol–water partition coefficient (Wildman–Crippen LogP) is 0.972. The third kappa shape index (κ3) is 6.00. The molecule has 0 bridgehead atoms. The molecule has 1 rings (SSSR count). The highest BCUT2D eigenvalue weighted by atomic mass is 35.5. The van der Waals surface area contributed by atoms with Gasteiger partial charge in [-0.15, -0.1) is 0 Å². The molecule has 0 heterocycles. The summed E-state index contributed by atoms with van der Waals surface area (Å²) < 4.78 is 5.07. The number of ether oxygens (including phenoxy) is 1. The highest BCUT2D eigenvalue weighted by Crippen LogP contribution is 2.15. The van der Waals surface area contributed by atoms with Gasteiger partial charge in [-0.3, -0.25) is 0 Å². The second-order valence-corrected chi connectivity index (χ2v) is 4.04. The molecular formula is C12H18ClNO3. The van der Waals surface area contributed by atoms with E-state index in [1.54, 1.807) is 24.3 Å². The van der Waals surface area contributed by atoms with Crippen molar-refractivity contribution in [2.75, 3.05) is 32.9 Å². The first-order chi connectivity index (χ1) is 8.24. The molecule has 0 radical (unpaired) electrons. The number of halogens is 1. The fraction of sp³-hybridized carbons (Fsp3) is 0.500. The summed E-state index contributed by atoms with van der Waals surface area (Å²) in [7, 11) is 0. The van der Waals surface area contributed by atoms with Crippen molar-refractivity contribution < 1.29 is 14.9 Å². The fourth-order valence-electron chi connectivity index (χ4n) is 1.35. The number of nitrogens with one attached hydrogen (secondary N) is 1.